The predicted octanol–water partition coefficient (Wildman–Crippen LogP) is 2.18. The van der Waals surface area contributed by atoms with Gasteiger partial charge in [0.25, 0.3) is 5.91 Å². The third-order valence-electron chi connectivity index (χ3n) is 5.92. The number of fused-ring (bicyclic) bond motifs is 1. The molecule has 3 aromatic rings. The zero-order chi connectivity index (χ0) is 24.7. The quantitative estimate of drug-likeness (QED) is 0.506. The van der Waals surface area contributed by atoms with Gasteiger partial charge in [-0.3, -0.25) is 4.79 Å². The van der Waals surface area contributed by atoms with E-state index >= 15 is 0 Å². The lowest BCUT2D eigenvalue weighted by Gasteiger charge is -2.29. The number of methoxy groups -OCH3 is 1. The van der Waals surface area contributed by atoms with Gasteiger partial charge < -0.3 is 9.30 Å². The summed E-state index contributed by atoms with van der Waals surface area (Å²) in [6.07, 6.45) is 1.80. The Bertz CT molecular complexity index is 1510. The van der Waals surface area contributed by atoms with E-state index in [9.17, 15) is 21.6 Å². The van der Waals surface area contributed by atoms with Crippen molar-refractivity contribution in [1.82, 2.24) is 8.87 Å². The van der Waals surface area contributed by atoms with E-state index in [4.69, 9.17) is 4.74 Å². The Morgan fingerprint density at radius 2 is 1.65 bits per heavy atom. The van der Waals surface area contributed by atoms with E-state index in [1.54, 1.807) is 7.11 Å². The average Bonchev–Trinajstić information content (AvgIpc) is 3.12. The molecule has 12 heteroatoms. The maximum atomic E-state index is 13.0. The number of carbonyl (C=O) groups excluding carboxylic acids is 1. The summed E-state index contributed by atoms with van der Waals surface area (Å²) in [4.78, 5) is 17.9. The molecule has 0 atom stereocenters. The van der Waals surface area contributed by atoms with Crippen molar-refractivity contribution in [2.45, 2.75) is 22.6 Å². The molecule has 0 aliphatic carbocycles. The molecular weight excluding hydrogens is 498 g/mol. The number of aromatic nitrogens is 1. The van der Waals surface area contributed by atoms with Gasteiger partial charge in [-0.15, -0.1) is 0 Å². The van der Waals surface area contributed by atoms with E-state index in [0.29, 0.717) is 17.6 Å². The second-order valence-corrected chi connectivity index (χ2v) is 13.1. The maximum Gasteiger partial charge on any atom is 0.251 e. The minimum absolute atomic E-state index is 0.0297. The lowest BCUT2D eigenvalue weighted by atomic mass is 9.98. The summed E-state index contributed by atoms with van der Waals surface area (Å²) in [7, 11) is -3.74. The van der Waals surface area contributed by atoms with E-state index < -0.39 is 19.9 Å². The van der Waals surface area contributed by atoms with E-state index in [1.165, 1.54) is 39.9 Å². The fraction of sp³-hybridized carbons (Fsp3) is 0.364. The first-order chi connectivity index (χ1) is 16.0. The van der Waals surface area contributed by atoms with Crippen molar-refractivity contribution in [3.8, 4) is 5.75 Å². The molecule has 1 fully saturated rings. The van der Waals surface area contributed by atoms with Gasteiger partial charge in [0.15, 0.2) is 14.6 Å². The van der Waals surface area contributed by atoms with Gasteiger partial charge in [-0.25, -0.2) is 16.8 Å². The van der Waals surface area contributed by atoms with Crippen LogP contribution in [0.3, 0.4) is 0 Å². The minimum Gasteiger partial charge on any atom is -0.497 e. The number of ether oxygens (including phenoxy) is 1. The van der Waals surface area contributed by atoms with Crippen molar-refractivity contribution in [1.29, 1.82) is 0 Å². The number of carbonyl (C=O) groups is 1. The number of piperidine rings is 1. The number of hydrogen-bond acceptors (Lipinski definition) is 7. The van der Waals surface area contributed by atoms with E-state index in [2.05, 4.69) is 4.99 Å². The predicted molar refractivity (Wildman–Crippen MR) is 129 cm³/mol. The molecule has 1 amide bonds. The molecule has 182 valence electrons. The van der Waals surface area contributed by atoms with Crippen molar-refractivity contribution >= 4 is 47.3 Å². The molecule has 1 aliphatic heterocycles. The number of thiazole rings is 1. The molecule has 0 N–H and O–H groups in total. The molecule has 0 saturated carbocycles. The topological polar surface area (TPSA) is 115 Å². The third-order valence-corrected chi connectivity index (χ3v) is 10.1. The first-order valence-electron chi connectivity index (χ1n) is 10.5. The van der Waals surface area contributed by atoms with Crippen LogP contribution in [0.25, 0.3) is 10.2 Å². The summed E-state index contributed by atoms with van der Waals surface area (Å²) in [5.74, 6) is 0.106. The molecule has 0 spiro atoms. The van der Waals surface area contributed by atoms with Crippen LogP contribution in [0.2, 0.25) is 0 Å². The summed E-state index contributed by atoms with van der Waals surface area (Å²) < 4.78 is 58.6. The van der Waals surface area contributed by atoms with Crippen LogP contribution in [-0.2, 0) is 31.7 Å². The number of sulfonamides is 1. The Kier molecular flexibility index (Phi) is 6.69. The van der Waals surface area contributed by atoms with E-state index in [-0.39, 0.29) is 34.7 Å². The van der Waals surface area contributed by atoms with Gasteiger partial charge in [0, 0.05) is 32.3 Å². The molecule has 1 aliphatic rings. The number of benzene rings is 2. The fourth-order valence-corrected chi connectivity index (χ4v) is 7.04. The summed E-state index contributed by atoms with van der Waals surface area (Å²) >= 11 is 1.40. The van der Waals surface area contributed by atoms with Crippen LogP contribution in [0.5, 0.6) is 5.75 Å². The molecule has 0 unspecified atom stereocenters. The van der Waals surface area contributed by atoms with Crippen molar-refractivity contribution in [2.24, 2.45) is 18.0 Å². The Labute approximate surface area is 202 Å². The zero-order valence-corrected chi connectivity index (χ0v) is 21.4. The second kappa shape index (κ2) is 9.25. The van der Waals surface area contributed by atoms with Crippen molar-refractivity contribution in [3.63, 3.8) is 0 Å². The fourth-order valence-electron chi connectivity index (χ4n) is 3.88. The number of sulfone groups is 1. The highest BCUT2D eigenvalue weighted by atomic mass is 32.2. The SMILES string of the molecule is COc1ccc2c(c1)sc(=NC(=O)C1CCN(S(=O)(=O)c3ccc(S(C)(=O)=O)cc3)CC1)n2C. The molecule has 1 saturated heterocycles. The van der Waals surface area contributed by atoms with Gasteiger partial charge in [-0.05, 0) is 55.3 Å². The van der Waals surface area contributed by atoms with Crippen LogP contribution in [0.4, 0.5) is 0 Å². The van der Waals surface area contributed by atoms with E-state index in [0.717, 1.165) is 22.2 Å². The molecule has 2 aromatic carbocycles. The van der Waals surface area contributed by atoms with Crippen LogP contribution in [-0.4, -0.2) is 58.1 Å². The minimum atomic E-state index is -3.78. The smallest absolute Gasteiger partial charge is 0.251 e. The van der Waals surface area contributed by atoms with Crippen molar-refractivity contribution in [2.75, 3.05) is 26.5 Å². The Balaban J connectivity index is 1.48. The van der Waals surface area contributed by atoms with Crippen LogP contribution in [0.1, 0.15) is 12.8 Å². The third kappa shape index (κ3) is 4.81. The second-order valence-electron chi connectivity index (χ2n) is 8.15. The van der Waals surface area contributed by atoms with Crippen LogP contribution in [0.15, 0.2) is 57.2 Å². The van der Waals surface area contributed by atoms with Gasteiger partial charge in [0.2, 0.25) is 10.0 Å². The van der Waals surface area contributed by atoms with Gasteiger partial charge in [-0.2, -0.15) is 9.30 Å². The number of nitrogens with zero attached hydrogens (tertiary/aromatic N) is 3. The first-order valence-corrected chi connectivity index (χ1v) is 14.7. The lowest BCUT2D eigenvalue weighted by Crippen LogP contribution is -2.40. The van der Waals surface area contributed by atoms with Crippen molar-refractivity contribution < 1.29 is 26.4 Å². The number of rotatable bonds is 5. The highest BCUT2D eigenvalue weighted by Crippen LogP contribution is 2.26. The summed E-state index contributed by atoms with van der Waals surface area (Å²) in [6.45, 7) is 0.385. The van der Waals surface area contributed by atoms with Crippen LogP contribution in [0, 0.1) is 5.92 Å². The van der Waals surface area contributed by atoms with Gasteiger partial charge in [0.05, 0.1) is 27.1 Å². The van der Waals surface area contributed by atoms with Gasteiger partial charge >= 0.3 is 0 Å². The van der Waals surface area contributed by atoms with Crippen LogP contribution >= 0.6 is 11.3 Å². The van der Waals surface area contributed by atoms with E-state index in [1.807, 2.05) is 29.8 Å². The Hall–Kier alpha value is -2.54. The molecule has 0 radical (unpaired) electrons. The van der Waals surface area contributed by atoms with Crippen molar-refractivity contribution in [3.05, 3.63) is 47.3 Å². The highest BCUT2D eigenvalue weighted by Gasteiger charge is 2.32. The first kappa shape index (κ1) is 24.6. The standard InChI is InChI=1S/C22H25N3O6S3/c1-24-19-9-4-16(31-2)14-20(19)32-22(24)23-21(26)15-10-12-25(13-11-15)34(29,30)18-7-5-17(6-8-18)33(3,27)28/h4-9,14-15H,10-13H2,1-3H3. The molecule has 4 rings (SSSR count). The normalized spacial score (nSPS) is 16.7. The summed E-state index contributed by atoms with van der Waals surface area (Å²) in [6, 6.07) is 10.8. The molecule has 2 heterocycles. The zero-order valence-electron chi connectivity index (χ0n) is 19.0. The van der Waals surface area contributed by atoms with Gasteiger partial charge in [0.1, 0.15) is 5.75 Å². The molecule has 0 bridgehead atoms. The van der Waals surface area contributed by atoms with Gasteiger partial charge in [-0.1, -0.05) is 11.3 Å². The van der Waals surface area contributed by atoms with Crippen LogP contribution < -0.4 is 9.54 Å². The molecular formula is C22H25N3O6S3. The number of hydrogen-bond donors (Lipinski definition) is 0. The maximum absolute atomic E-state index is 13.0. The number of aryl methyl sites for hydroxylation is 1. The monoisotopic (exact) mass is 523 g/mol. The highest BCUT2D eigenvalue weighted by molar-refractivity contribution is 7.90. The Morgan fingerprint density at radius 1 is 1.03 bits per heavy atom. The molecule has 1 aromatic heterocycles. The average molecular weight is 524 g/mol. The molecule has 9 nitrogen and oxygen atoms in total. The largest absolute Gasteiger partial charge is 0.497 e. The molecule has 34 heavy (non-hydrogen) atoms. The lowest BCUT2D eigenvalue weighted by molar-refractivity contribution is -0.122. The Morgan fingerprint density at radius 3 is 2.24 bits per heavy atom. The number of amides is 1. The summed E-state index contributed by atoms with van der Waals surface area (Å²) in [5, 5.41) is 0. The summed E-state index contributed by atoms with van der Waals surface area (Å²) in [5.41, 5.74) is 0.945.